The van der Waals surface area contributed by atoms with Crippen molar-refractivity contribution in [1.82, 2.24) is 0 Å². The van der Waals surface area contributed by atoms with Crippen molar-refractivity contribution in [3.63, 3.8) is 0 Å². The Kier molecular flexibility index (Phi) is 6.42. The van der Waals surface area contributed by atoms with Crippen LogP contribution in [0.4, 0.5) is 0 Å². The monoisotopic (exact) mass is 446 g/mol. The van der Waals surface area contributed by atoms with Gasteiger partial charge in [-0.15, -0.1) is 0 Å². The third kappa shape index (κ3) is 4.52. The standard InChI is InChI=1S/C30H22O4/c1-19-15-25(11-13-27(19)17-31)21-3-7-23(8-4-21)29(33)30(34)24-9-5-22(6-10-24)26-12-14-28(18-32)20(2)16-26/h3-18H,1-2H3. The zero-order valence-electron chi connectivity index (χ0n) is 18.9. The predicted octanol–water partition coefficient (Wildman–Crippen LogP) is 6.33. The Balaban J connectivity index is 1.51. The van der Waals surface area contributed by atoms with Gasteiger partial charge in [0.15, 0.2) is 0 Å². The molecular weight excluding hydrogens is 424 g/mol. The molecule has 34 heavy (non-hydrogen) atoms. The number of Topliss-reactive ketones (excluding diaryl/α,β-unsaturated/α-hetero) is 2. The summed E-state index contributed by atoms with van der Waals surface area (Å²) in [5.74, 6) is -1.14. The number of benzene rings is 4. The van der Waals surface area contributed by atoms with Crippen LogP contribution in [-0.2, 0) is 0 Å². The van der Waals surface area contributed by atoms with Crippen molar-refractivity contribution >= 4 is 24.1 Å². The highest BCUT2D eigenvalue weighted by Crippen LogP contribution is 2.25. The Labute approximate surface area is 197 Å². The third-order valence-corrected chi connectivity index (χ3v) is 5.96. The van der Waals surface area contributed by atoms with Gasteiger partial charge in [-0.2, -0.15) is 0 Å². The Bertz CT molecular complexity index is 1300. The van der Waals surface area contributed by atoms with E-state index >= 15 is 0 Å². The normalized spacial score (nSPS) is 10.5. The van der Waals surface area contributed by atoms with Gasteiger partial charge < -0.3 is 0 Å². The van der Waals surface area contributed by atoms with E-state index in [0.717, 1.165) is 46.0 Å². The second-order valence-electron chi connectivity index (χ2n) is 8.19. The molecular formula is C30H22O4. The summed E-state index contributed by atoms with van der Waals surface area (Å²) in [6.07, 6.45) is 1.65. The molecule has 0 fully saturated rings. The molecule has 4 aromatic rings. The van der Waals surface area contributed by atoms with E-state index in [1.165, 1.54) is 0 Å². The van der Waals surface area contributed by atoms with E-state index in [0.29, 0.717) is 22.3 Å². The molecule has 0 spiro atoms. The van der Waals surface area contributed by atoms with Gasteiger partial charge in [-0.1, -0.05) is 84.9 Å². The zero-order chi connectivity index (χ0) is 24.2. The molecule has 0 unspecified atom stereocenters. The quantitative estimate of drug-likeness (QED) is 0.189. The van der Waals surface area contributed by atoms with Crippen LogP contribution in [0.15, 0.2) is 84.9 Å². The van der Waals surface area contributed by atoms with Crippen LogP contribution < -0.4 is 0 Å². The van der Waals surface area contributed by atoms with Crippen molar-refractivity contribution in [2.75, 3.05) is 0 Å². The fraction of sp³-hybridized carbons (Fsp3) is 0.0667. The summed E-state index contributed by atoms with van der Waals surface area (Å²) in [4.78, 5) is 47.6. The fourth-order valence-electron chi connectivity index (χ4n) is 3.87. The van der Waals surface area contributed by atoms with Crippen LogP contribution in [0.2, 0.25) is 0 Å². The lowest BCUT2D eigenvalue weighted by Gasteiger charge is -2.07. The Morgan fingerprint density at radius 1 is 0.500 bits per heavy atom. The molecule has 0 aliphatic heterocycles. The number of carbonyl (C=O) groups excluding carboxylic acids is 4. The van der Waals surface area contributed by atoms with Crippen molar-refractivity contribution in [1.29, 1.82) is 0 Å². The highest BCUT2D eigenvalue weighted by atomic mass is 16.2. The Hall–Kier alpha value is -4.44. The van der Waals surface area contributed by atoms with Crippen LogP contribution in [0.3, 0.4) is 0 Å². The summed E-state index contributed by atoms with van der Waals surface area (Å²) in [6.45, 7) is 3.74. The van der Waals surface area contributed by atoms with Gasteiger partial charge in [0.05, 0.1) is 0 Å². The SMILES string of the molecule is Cc1cc(-c2ccc(C(=O)C(=O)c3ccc(-c4ccc(C=O)c(C)c4)cc3)cc2)ccc1C=O. The van der Waals surface area contributed by atoms with Gasteiger partial charge >= 0.3 is 0 Å². The molecule has 0 radical (unpaired) electrons. The highest BCUT2D eigenvalue weighted by Gasteiger charge is 2.18. The number of aldehydes is 2. The van der Waals surface area contributed by atoms with Crippen molar-refractivity contribution in [3.8, 4) is 22.3 Å². The number of hydrogen-bond donors (Lipinski definition) is 0. The van der Waals surface area contributed by atoms with E-state index in [1.54, 1.807) is 60.7 Å². The molecule has 0 bridgehead atoms. The third-order valence-electron chi connectivity index (χ3n) is 5.96. The molecule has 0 saturated carbocycles. The van der Waals surface area contributed by atoms with E-state index in [4.69, 9.17) is 0 Å². The maximum Gasteiger partial charge on any atom is 0.233 e. The van der Waals surface area contributed by atoms with Crippen molar-refractivity contribution in [2.45, 2.75) is 13.8 Å². The molecule has 4 heteroatoms. The van der Waals surface area contributed by atoms with Gasteiger partial charge in [0, 0.05) is 22.3 Å². The van der Waals surface area contributed by atoms with Crippen molar-refractivity contribution in [2.24, 2.45) is 0 Å². The lowest BCUT2D eigenvalue weighted by atomic mass is 9.95. The molecule has 0 saturated heterocycles. The number of hydrogen-bond acceptors (Lipinski definition) is 4. The molecule has 166 valence electrons. The molecule has 0 N–H and O–H groups in total. The topological polar surface area (TPSA) is 68.3 Å². The van der Waals surface area contributed by atoms with E-state index in [2.05, 4.69) is 0 Å². The summed E-state index contributed by atoms with van der Waals surface area (Å²) in [6, 6.07) is 24.8. The van der Waals surface area contributed by atoms with Crippen LogP contribution in [0, 0.1) is 13.8 Å². The molecule has 0 aromatic heterocycles. The zero-order valence-corrected chi connectivity index (χ0v) is 18.9. The van der Waals surface area contributed by atoms with E-state index in [9.17, 15) is 19.2 Å². The second-order valence-corrected chi connectivity index (χ2v) is 8.19. The molecule has 0 atom stereocenters. The summed E-state index contributed by atoms with van der Waals surface area (Å²) in [7, 11) is 0. The fourth-order valence-corrected chi connectivity index (χ4v) is 3.87. The van der Waals surface area contributed by atoms with Gasteiger partial charge in [0.2, 0.25) is 11.6 Å². The Morgan fingerprint density at radius 3 is 1.12 bits per heavy atom. The number of ketones is 2. The summed E-state index contributed by atoms with van der Waals surface area (Å²) in [5, 5.41) is 0. The number of rotatable bonds is 7. The van der Waals surface area contributed by atoms with Crippen LogP contribution in [0.1, 0.15) is 52.6 Å². The average Bonchev–Trinajstić information content (AvgIpc) is 2.88. The largest absolute Gasteiger partial charge is 0.298 e. The number of aryl methyl sites for hydroxylation is 2. The maximum atomic E-state index is 12.8. The molecule has 0 aliphatic rings. The minimum absolute atomic E-state index is 0.319. The van der Waals surface area contributed by atoms with Gasteiger partial charge in [-0.3, -0.25) is 19.2 Å². The first-order chi connectivity index (χ1) is 16.4. The Morgan fingerprint density at radius 2 is 0.824 bits per heavy atom. The molecule has 4 aromatic carbocycles. The van der Waals surface area contributed by atoms with Crippen LogP contribution in [-0.4, -0.2) is 24.1 Å². The van der Waals surface area contributed by atoms with E-state index < -0.39 is 11.6 Å². The van der Waals surface area contributed by atoms with Crippen LogP contribution >= 0.6 is 0 Å². The van der Waals surface area contributed by atoms with Gasteiger partial charge in [-0.25, -0.2) is 0 Å². The van der Waals surface area contributed by atoms with Crippen molar-refractivity contribution < 1.29 is 19.2 Å². The lowest BCUT2D eigenvalue weighted by molar-refractivity contribution is 0.0817. The van der Waals surface area contributed by atoms with Crippen LogP contribution in [0.25, 0.3) is 22.3 Å². The highest BCUT2D eigenvalue weighted by molar-refractivity contribution is 6.49. The summed E-state index contributed by atoms with van der Waals surface area (Å²) >= 11 is 0. The van der Waals surface area contributed by atoms with Gasteiger partial charge in [-0.05, 0) is 47.2 Å². The first-order valence-corrected chi connectivity index (χ1v) is 10.8. The second kappa shape index (κ2) is 9.59. The van der Waals surface area contributed by atoms with E-state index in [-0.39, 0.29) is 0 Å². The summed E-state index contributed by atoms with van der Waals surface area (Å²) in [5.41, 5.74) is 7.32. The molecule has 4 rings (SSSR count). The molecule has 0 heterocycles. The summed E-state index contributed by atoms with van der Waals surface area (Å²) < 4.78 is 0. The minimum atomic E-state index is -0.571. The smallest absolute Gasteiger partial charge is 0.233 e. The molecule has 4 nitrogen and oxygen atoms in total. The average molecular weight is 447 g/mol. The minimum Gasteiger partial charge on any atom is -0.298 e. The van der Waals surface area contributed by atoms with E-state index in [1.807, 2.05) is 38.1 Å². The molecule has 0 aliphatic carbocycles. The lowest BCUT2D eigenvalue weighted by Crippen LogP contribution is -2.14. The number of carbonyl (C=O) groups is 4. The maximum absolute atomic E-state index is 12.8. The van der Waals surface area contributed by atoms with Crippen LogP contribution in [0.5, 0.6) is 0 Å². The first kappa shape index (κ1) is 22.7. The molecule has 0 amide bonds. The van der Waals surface area contributed by atoms with Crippen molar-refractivity contribution in [3.05, 3.63) is 118 Å². The van der Waals surface area contributed by atoms with Gasteiger partial charge in [0.25, 0.3) is 0 Å². The predicted molar refractivity (Wildman–Crippen MR) is 133 cm³/mol. The first-order valence-electron chi connectivity index (χ1n) is 10.8. The van der Waals surface area contributed by atoms with Gasteiger partial charge in [0.1, 0.15) is 12.6 Å².